The highest BCUT2D eigenvalue weighted by Gasteiger charge is 2.30. The van der Waals surface area contributed by atoms with Crippen molar-refractivity contribution in [3.8, 4) is 0 Å². The Kier molecular flexibility index (Phi) is 5.70. The lowest BCUT2D eigenvalue weighted by atomic mass is 9.84. The van der Waals surface area contributed by atoms with Crippen LogP contribution in [0.25, 0.3) is 0 Å². The van der Waals surface area contributed by atoms with Gasteiger partial charge in [-0.1, -0.05) is 19.3 Å². The molecule has 2 fully saturated rings. The minimum atomic E-state index is -3.01. The molecule has 1 atom stereocenters. The molecule has 4 nitrogen and oxygen atoms in total. The molecule has 0 aromatic heterocycles. The zero-order valence-electron chi connectivity index (χ0n) is 10.4. The highest BCUT2D eigenvalue weighted by Crippen LogP contribution is 2.30. The van der Waals surface area contributed by atoms with Gasteiger partial charge in [-0.15, -0.1) is 12.4 Å². The first-order valence-electron chi connectivity index (χ1n) is 6.30. The zero-order valence-corrected chi connectivity index (χ0v) is 12.0. The van der Waals surface area contributed by atoms with Gasteiger partial charge in [0.15, 0.2) is 0 Å². The second-order valence-corrected chi connectivity index (χ2v) is 7.11. The predicted molar refractivity (Wildman–Crippen MR) is 72.0 cm³/mol. The average molecular weight is 283 g/mol. The maximum Gasteiger partial charge on any atom is 0.214 e. The first kappa shape index (κ1) is 15.2. The van der Waals surface area contributed by atoms with E-state index in [9.17, 15) is 8.42 Å². The smallest absolute Gasteiger partial charge is 0.214 e. The topological polar surface area (TPSA) is 49.4 Å². The lowest BCUT2D eigenvalue weighted by Gasteiger charge is -2.34. The molecule has 1 aliphatic heterocycles. The van der Waals surface area contributed by atoms with E-state index in [4.69, 9.17) is 0 Å². The summed E-state index contributed by atoms with van der Waals surface area (Å²) in [4.78, 5) is 0. The maximum absolute atomic E-state index is 12.1. The van der Waals surface area contributed by atoms with Crippen molar-refractivity contribution in [3.05, 3.63) is 0 Å². The molecule has 17 heavy (non-hydrogen) atoms. The van der Waals surface area contributed by atoms with Gasteiger partial charge in [0.25, 0.3) is 0 Å². The molecule has 0 bridgehead atoms. The summed E-state index contributed by atoms with van der Waals surface area (Å²) >= 11 is 0. The van der Waals surface area contributed by atoms with Crippen LogP contribution in [0.4, 0.5) is 0 Å². The second-order valence-electron chi connectivity index (χ2n) is 5.07. The van der Waals surface area contributed by atoms with E-state index in [-0.39, 0.29) is 18.4 Å². The van der Waals surface area contributed by atoms with Crippen LogP contribution in [0.1, 0.15) is 32.6 Å². The highest BCUT2D eigenvalue weighted by atomic mass is 35.5. The van der Waals surface area contributed by atoms with E-state index in [2.05, 4.69) is 5.32 Å². The summed E-state index contributed by atoms with van der Waals surface area (Å²) in [5, 5.41) is 3.22. The van der Waals surface area contributed by atoms with Gasteiger partial charge < -0.3 is 5.32 Å². The van der Waals surface area contributed by atoms with Crippen LogP contribution >= 0.6 is 12.4 Å². The molecule has 1 heterocycles. The van der Waals surface area contributed by atoms with Gasteiger partial charge in [-0.25, -0.2) is 8.42 Å². The van der Waals surface area contributed by atoms with Gasteiger partial charge in [0.1, 0.15) is 0 Å². The fourth-order valence-corrected chi connectivity index (χ4v) is 4.31. The molecule has 0 spiro atoms. The van der Waals surface area contributed by atoms with Gasteiger partial charge in [0.05, 0.1) is 5.75 Å². The van der Waals surface area contributed by atoms with Gasteiger partial charge in [-0.2, -0.15) is 4.31 Å². The van der Waals surface area contributed by atoms with Crippen molar-refractivity contribution in [2.45, 2.75) is 38.6 Å². The molecular weight excluding hydrogens is 260 g/mol. The lowest BCUT2D eigenvalue weighted by molar-refractivity contribution is 0.276. The van der Waals surface area contributed by atoms with Crippen LogP contribution in [0.5, 0.6) is 0 Å². The first-order valence-corrected chi connectivity index (χ1v) is 7.91. The number of piperazine rings is 1. The highest BCUT2D eigenvalue weighted by molar-refractivity contribution is 7.89. The van der Waals surface area contributed by atoms with E-state index < -0.39 is 10.0 Å². The Balaban J connectivity index is 0.00000144. The average Bonchev–Trinajstić information content (AvgIpc) is 2.15. The molecule has 1 unspecified atom stereocenters. The molecule has 1 N–H and O–H groups in total. The fraction of sp³-hybridized carbons (Fsp3) is 1.00. The van der Waals surface area contributed by atoms with Crippen molar-refractivity contribution in [1.29, 1.82) is 0 Å². The van der Waals surface area contributed by atoms with Gasteiger partial charge in [0, 0.05) is 25.7 Å². The monoisotopic (exact) mass is 282 g/mol. The summed E-state index contributed by atoms with van der Waals surface area (Å²) in [5.41, 5.74) is 0. The fourth-order valence-electron chi connectivity index (χ4n) is 2.45. The van der Waals surface area contributed by atoms with Crippen molar-refractivity contribution in [1.82, 2.24) is 9.62 Å². The summed E-state index contributed by atoms with van der Waals surface area (Å²) in [7, 11) is -3.01. The molecule has 0 aromatic rings. The Bertz CT molecular complexity index is 330. The summed E-state index contributed by atoms with van der Waals surface area (Å²) < 4.78 is 26.0. The predicted octanol–water partition coefficient (Wildman–Crippen LogP) is 1.22. The van der Waals surface area contributed by atoms with E-state index in [0.717, 1.165) is 19.5 Å². The quantitative estimate of drug-likeness (QED) is 0.844. The summed E-state index contributed by atoms with van der Waals surface area (Å²) in [6, 6.07) is 0.111. The van der Waals surface area contributed by atoms with Gasteiger partial charge >= 0.3 is 0 Å². The van der Waals surface area contributed by atoms with E-state index >= 15 is 0 Å². The Morgan fingerprint density at radius 3 is 2.59 bits per heavy atom. The van der Waals surface area contributed by atoms with Crippen molar-refractivity contribution >= 4 is 22.4 Å². The van der Waals surface area contributed by atoms with E-state index in [0.29, 0.717) is 18.2 Å². The summed E-state index contributed by atoms with van der Waals surface area (Å²) in [6.07, 6.45) is 4.60. The van der Waals surface area contributed by atoms with Crippen LogP contribution in [0, 0.1) is 5.92 Å². The molecular formula is C11H23ClN2O2S. The van der Waals surface area contributed by atoms with Crippen LogP contribution in [0.2, 0.25) is 0 Å². The third-order valence-electron chi connectivity index (χ3n) is 3.81. The Labute approximate surface area is 111 Å². The minimum Gasteiger partial charge on any atom is -0.314 e. The molecule has 102 valence electrons. The van der Waals surface area contributed by atoms with Crippen LogP contribution in [-0.4, -0.2) is 44.2 Å². The van der Waals surface area contributed by atoms with Crippen LogP contribution in [0.3, 0.4) is 0 Å². The molecule has 6 heteroatoms. The Morgan fingerprint density at radius 2 is 2.06 bits per heavy atom. The lowest BCUT2D eigenvalue weighted by Crippen LogP contribution is -2.52. The molecule has 1 saturated carbocycles. The number of sulfonamides is 1. The number of rotatable bonds is 4. The molecule has 0 amide bonds. The van der Waals surface area contributed by atoms with Crippen LogP contribution < -0.4 is 5.32 Å². The zero-order chi connectivity index (χ0) is 11.6. The number of nitrogens with one attached hydrogen (secondary N) is 1. The third kappa shape index (κ3) is 3.81. The van der Waals surface area contributed by atoms with Crippen molar-refractivity contribution < 1.29 is 8.42 Å². The Morgan fingerprint density at radius 1 is 1.35 bits per heavy atom. The summed E-state index contributed by atoms with van der Waals surface area (Å²) in [5.74, 6) is 1.02. The largest absolute Gasteiger partial charge is 0.314 e. The standard InChI is InChI=1S/C11H22N2O2S.ClH/c1-10-9-12-6-7-13(10)16(14,15)8-5-11-3-2-4-11;/h10-12H,2-9H2,1H3;1H. The molecule has 2 aliphatic rings. The molecule has 0 aromatic carbocycles. The third-order valence-corrected chi connectivity index (χ3v) is 5.82. The second kappa shape index (κ2) is 6.36. The van der Waals surface area contributed by atoms with Gasteiger partial charge in [-0.3, -0.25) is 0 Å². The van der Waals surface area contributed by atoms with E-state index in [1.807, 2.05) is 6.92 Å². The Hall–Kier alpha value is 0.160. The van der Waals surface area contributed by atoms with Gasteiger partial charge in [0.2, 0.25) is 10.0 Å². The molecule has 1 aliphatic carbocycles. The van der Waals surface area contributed by atoms with Crippen molar-refractivity contribution in [3.63, 3.8) is 0 Å². The number of halogens is 1. The van der Waals surface area contributed by atoms with E-state index in [1.54, 1.807) is 4.31 Å². The maximum atomic E-state index is 12.1. The van der Waals surface area contributed by atoms with Crippen molar-refractivity contribution in [2.75, 3.05) is 25.4 Å². The first-order chi connectivity index (χ1) is 7.59. The SMILES string of the molecule is CC1CNCCN1S(=O)(=O)CCC1CCC1.Cl. The molecule has 1 saturated heterocycles. The number of hydrogen-bond acceptors (Lipinski definition) is 3. The number of nitrogens with zero attached hydrogens (tertiary/aromatic N) is 1. The number of hydrogen-bond donors (Lipinski definition) is 1. The summed E-state index contributed by atoms with van der Waals surface area (Å²) in [6.45, 7) is 4.18. The molecule has 2 rings (SSSR count). The van der Waals surface area contributed by atoms with Gasteiger partial charge in [-0.05, 0) is 19.3 Å². The van der Waals surface area contributed by atoms with E-state index in [1.165, 1.54) is 19.3 Å². The van der Waals surface area contributed by atoms with Crippen LogP contribution in [0.15, 0.2) is 0 Å². The minimum absolute atomic E-state index is 0. The molecule has 0 radical (unpaired) electrons. The van der Waals surface area contributed by atoms with Crippen LogP contribution in [-0.2, 0) is 10.0 Å². The normalized spacial score (nSPS) is 27.2. The van der Waals surface area contributed by atoms with Crippen molar-refractivity contribution in [2.24, 2.45) is 5.92 Å².